The maximum Gasteiger partial charge on any atom is 0.260 e. The first-order chi connectivity index (χ1) is 9.53. The molecule has 0 saturated heterocycles. The molecule has 2 aromatic rings. The van der Waals surface area contributed by atoms with Crippen LogP contribution in [-0.2, 0) is 16.4 Å². The molecule has 0 unspecified atom stereocenters. The Morgan fingerprint density at radius 1 is 1.35 bits per heavy atom. The van der Waals surface area contributed by atoms with Gasteiger partial charge in [-0.05, 0) is 46.6 Å². The number of thiophene rings is 1. The third-order valence-corrected chi connectivity index (χ3v) is 5.58. The van der Waals surface area contributed by atoms with Crippen molar-refractivity contribution in [3.05, 3.63) is 39.1 Å². The SMILES string of the molecule is NNc1cccnc1S(=O)(=O)NCCc1ccc(Br)s1. The van der Waals surface area contributed by atoms with Crippen molar-refractivity contribution >= 4 is 43.0 Å². The highest BCUT2D eigenvalue weighted by Crippen LogP contribution is 2.22. The van der Waals surface area contributed by atoms with Crippen molar-refractivity contribution < 1.29 is 8.42 Å². The molecule has 0 aliphatic carbocycles. The number of nitrogen functional groups attached to an aromatic ring is 1. The van der Waals surface area contributed by atoms with Gasteiger partial charge in [0.15, 0.2) is 5.03 Å². The zero-order valence-corrected chi connectivity index (χ0v) is 13.6. The van der Waals surface area contributed by atoms with Crippen molar-refractivity contribution in [2.45, 2.75) is 11.4 Å². The summed E-state index contributed by atoms with van der Waals surface area (Å²) in [6, 6.07) is 7.05. The lowest BCUT2D eigenvalue weighted by Gasteiger charge is -2.09. The van der Waals surface area contributed by atoms with Gasteiger partial charge in [-0.1, -0.05) is 0 Å². The van der Waals surface area contributed by atoms with Gasteiger partial charge in [0.2, 0.25) is 0 Å². The van der Waals surface area contributed by atoms with E-state index >= 15 is 0 Å². The molecule has 2 rings (SSSR count). The first-order valence-electron chi connectivity index (χ1n) is 5.68. The molecule has 2 heterocycles. The van der Waals surface area contributed by atoms with E-state index in [1.165, 1.54) is 6.20 Å². The largest absolute Gasteiger partial charge is 0.321 e. The van der Waals surface area contributed by atoms with Gasteiger partial charge in [0.1, 0.15) is 0 Å². The summed E-state index contributed by atoms with van der Waals surface area (Å²) in [6.45, 7) is 0.301. The summed E-state index contributed by atoms with van der Waals surface area (Å²) in [6.07, 6.45) is 2.03. The maximum absolute atomic E-state index is 12.1. The number of nitrogens with one attached hydrogen (secondary N) is 2. The number of pyridine rings is 1. The standard InChI is InChI=1S/C11H13BrN4O2S2/c12-10-4-3-8(19-10)5-7-15-20(17,18)11-9(16-13)2-1-6-14-11/h1-4,6,15-16H,5,7,13H2. The number of rotatable bonds is 6. The summed E-state index contributed by atoms with van der Waals surface area (Å²) in [7, 11) is -3.68. The average Bonchev–Trinajstić information content (AvgIpc) is 2.84. The van der Waals surface area contributed by atoms with Crippen molar-refractivity contribution in [1.82, 2.24) is 9.71 Å². The molecular formula is C11H13BrN4O2S2. The van der Waals surface area contributed by atoms with E-state index in [0.29, 0.717) is 13.0 Å². The molecule has 0 atom stereocenters. The van der Waals surface area contributed by atoms with Crippen LogP contribution in [-0.4, -0.2) is 19.9 Å². The van der Waals surface area contributed by atoms with Crippen LogP contribution < -0.4 is 16.0 Å². The molecule has 4 N–H and O–H groups in total. The van der Waals surface area contributed by atoms with Crippen LogP contribution in [0.1, 0.15) is 4.88 Å². The number of hydrogen-bond donors (Lipinski definition) is 3. The molecule has 0 bridgehead atoms. The molecule has 9 heteroatoms. The average molecular weight is 377 g/mol. The van der Waals surface area contributed by atoms with Crippen LogP contribution in [0.4, 0.5) is 5.69 Å². The maximum atomic E-state index is 12.1. The first kappa shape index (κ1) is 15.4. The predicted octanol–water partition coefficient (Wildman–Crippen LogP) is 1.71. The summed E-state index contributed by atoms with van der Waals surface area (Å²) >= 11 is 4.94. The van der Waals surface area contributed by atoms with E-state index in [1.807, 2.05) is 12.1 Å². The van der Waals surface area contributed by atoms with E-state index in [1.54, 1.807) is 23.5 Å². The summed E-state index contributed by atoms with van der Waals surface area (Å²) in [5.74, 6) is 5.28. The lowest BCUT2D eigenvalue weighted by Crippen LogP contribution is -2.28. The second kappa shape index (κ2) is 6.64. The van der Waals surface area contributed by atoms with E-state index in [9.17, 15) is 8.42 Å². The summed E-state index contributed by atoms with van der Waals surface area (Å²) < 4.78 is 27.8. The zero-order valence-electron chi connectivity index (χ0n) is 10.3. The fourth-order valence-corrected chi connectivity index (χ4v) is 4.18. The number of halogens is 1. The minimum atomic E-state index is -3.68. The van der Waals surface area contributed by atoms with Gasteiger partial charge in [-0.3, -0.25) is 5.84 Å². The van der Waals surface area contributed by atoms with Crippen molar-refractivity contribution in [2.75, 3.05) is 12.0 Å². The number of nitrogens with two attached hydrogens (primary N) is 1. The molecule has 20 heavy (non-hydrogen) atoms. The Balaban J connectivity index is 2.04. The molecule has 0 aromatic carbocycles. The summed E-state index contributed by atoms with van der Waals surface area (Å²) in [4.78, 5) is 4.95. The van der Waals surface area contributed by atoms with Gasteiger partial charge in [0.25, 0.3) is 10.0 Å². The molecular weight excluding hydrogens is 364 g/mol. The smallest absolute Gasteiger partial charge is 0.260 e. The number of hydrazine groups is 1. The number of nitrogens with zero attached hydrogens (tertiary/aromatic N) is 1. The highest BCUT2D eigenvalue weighted by atomic mass is 79.9. The van der Waals surface area contributed by atoms with Crippen LogP contribution in [0.15, 0.2) is 39.3 Å². The van der Waals surface area contributed by atoms with Crippen LogP contribution in [0.25, 0.3) is 0 Å². The Bertz CT molecular complexity index is 687. The van der Waals surface area contributed by atoms with Crippen molar-refractivity contribution in [3.63, 3.8) is 0 Å². The molecule has 0 spiro atoms. The highest BCUT2D eigenvalue weighted by molar-refractivity contribution is 9.11. The monoisotopic (exact) mass is 376 g/mol. The quantitative estimate of drug-likeness (QED) is 0.526. The lowest BCUT2D eigenvalue weighted by molar-refractivity contribution is 0.578. The Kier molecular flexibility index (Phi) is 5.11. The number of aromatic nitrogens is 1. The minimum absolute atomic E-state index is 0.102. The van der Waals surface area contributed by atoms with E-state index in [4.69, 9.17) is 5.84 Å². The van der Waals surface area contributed by atoms with Gasteiger partial charge in [-0.15, -0.1) is 11.3 Å². The fraction of sp³-hybridized carbons (Fsp3) is 0.182. The fourth-order valence-electron chi connectivity index (χ4n) is 1.58. The molecule has 0 aliphatic rings. The molecule has 0 fully saturated rings. The van der Waals surface area contributed by atoms with E-state index in [2.05, 4.69) is 31.1 Å². The van der Waals surface area contributed by atoms with Gasteiger partial charge in [-0.25, -0.2) is 18.1 Å². The lowest BCUT2D eigenvalue weighted by atomic mass is 10.3. The van der Waals surface area contributed by atoms with Crippen molar-refractivity contribution in [1.29, 1.82) is 0 Å². The van der Waals surface area contributed by atoms with Crippen LogP contribution in [0.2, 0.25) is 0 Å². The minimum Gasteiger partial charge on any atom is -0.321 e. The number of anilines is 1. The topological polar surface area (TPSA) is 97.1 Å². The molecule has 0 saturated carbocycles. The molecule has 108 valence electrons. The first-order valence-corrected chi connectivity index (χ1v) is 8.78. The summed E-state index contributed by atoms with van der Waals surface area (Å²) in [5, 5.41) is -0.102. The highest BCUT2D eigenvalue weighted by Gasteiger charge is 2.19. The van der Waals surface area contributed by atoms with Gasteiger partial charge in [-0.2, -0.15) is 0 Å². The van der Waals surface area contributed by atoms with Crippen molar-refractivity contribution in [2.24, 2.45) is 5.84 Å². The van der Waals surface area contributed by atoms with Crippen LogP contribution >= 0.6 is 27.3 Å². The van der Waals surface area contributed by atoms with E-state index in [-0.39, 0.29) is 10.7 Å². The van der Waals surface area contributed by atoms with Gasteiger partial charge in [0.05, 0.1) is 9.47 Å². The zero-order chi connectivity index (χ0) is 14.6. The van der Waals surface area contributed by atoms with Crippen LogP contribution in [0, 0.1) is 0 Å². The molecule has 2 aromatic heterocycles. The Hall–Kier alpha value is -1.000. The number of hydrogen-bond acceptors (Lipinski definition) is 6. The summed E-state index contributed by atoms with van der Waals surface area (Å²) in [5.41, 5.74) is 2.59. The van der Waals surface area contributed by atoms with Crippen molar-refractivity contribution in [3.8, 4) is 0 Å². The second-order valence-electron chi connectivity index (χ2n) is 3.85. The molecule has 0 radical (unpaired) electrons. The Labute approximate surface area is 129 Å². The van der Waals surface area contributed by atoms with Gasteiger partial charge in [0, 0.05) is 17.6 Å². The van der Waals surface area contributed by atoms with E-state index < -0.39 is 10.0 Å². The molecule has 0 amide bonds. The molecule has 6 nitrogen and oxygen atoms in total. The Morgan fingerprint density at radius 2 is 2.15 bits per heavy atom. The van der Waals surface area contributed by atoms with E-state index in [0.717, 1.165) is 8.66 Å². The third kappa shape index (κ3) is 3.76. The number of sulfonamides is 1. The molecule has 0 aliphatic heterocycles. The predicted molar refractivity (Wildman–Crippen MR) is 83.0 cm³/mol. The second-order valence-corrected chi connectivity index (χ2v) is 8.08. The van der Waals surface area contributed by atoms with Crippen LogP contribution in [0.3, 0.4) is 0 Å². The van der Waals surface area contributed by atoms with Gasteiger partial charge < -0.3 is 5.43 Å². The van der Waals surface area contributed by atoms with Crippen LogP contribution in [0.5, 0.6) is 0 Å². The normalized spacial score (nSPS) is 11.5. The third-order valence-electron chi connectivity index (χ3n) is 2.47. The van der Waals surface area contributed by atoms with Gasteiger partial charge >= 0.3 is 0 Å². The Morgan fingerprint density at radius 3 is 2.80 bits per heavy atom.